The summed E-state index contributed by atoms with van der Waals surface area (Å²) in [4.78, 5) is -0.784. The summed E-state index contributed by atoms with van der Waals surface area (Å²) in [7, 11) is -9.08. The zero-order valence-corrected chi connectivity index (χ0v) is 31.7. The fourth-order valence-corrected chi connectivity index (χ4v) is 6.23. The van der Waals surface area contributed by atoms with Crippen molar-refractivity contribution in [2.45, 2.75) is 9.79 Å². The number of hydrogen-bond acceptors (Lipinski definition) is 11. The molecule has 2 radical (unpaired) electrons. The summed E-state index contributed by atoms with van der Waals surface area (Å²) >= 11 is 0. The maximum atomic E-state index is 12.0. The molecule has 0 bridgehead atoms. The molecule has 238 valence electrons. The Bertz CT molecular complexity index is 2500. The van der Waals surface area contributed by atoms with Gasteiger partial charge in [0.15, 0.2) is 0 Å². The van der Waals surface area contributed by atoms with Gasteiger partial charge in [0.2, 0.25) is 0 Å². The summed E-state index contributed by atoms with van der Waals surface area (Å²) in [6.07, 6.45) is 0. The molecular formula is C32H24N6Na2O7S2. The topological polar surface area (TPSA) is 230 Å². The maximum Gasteiger partial charge on any atom is 0.295 e. The number of fused-ring (bicyclic) bond motifs is 2. The van der Waals surface area contributed by atoms with Gasteiger partial charge in [-0.2, -0.15) is 27.1 Å². The number of aromatic hydroxyl groups is 1. The van der Waals surface area contributed by atoms with E-state index in [-0.39, 0.29) is 97.5 Å². The Morgan fingerprint density at radius 1 is 0.592 bits per heavy atom. The van der Waals surface area contributed by atoms with E-state index in [4.69, 9.17) is 11.5 Å². The molecule has 0 amide bonds. The Hall–Kier alpha value is -3.74. The van der Waals surface area contributed by atoms with Crippen LogP contribution in [0.5, 0.6) is 5.75 Å². The second-order valence-corrected chi connectivity index (χ2v) is 13.2. The molecule has 7 N–H and O–H groups in total. The van der Waals surface area contributed by atoms with Gasteiger partial charge in [-0.05, 0) is 59.0 Å². The van der Waals surface area contributed by atoms with Crippen molar-refractivity contribution in [3.8, 4) is 16.9 Å². The number of anilines is 2. The number of nitrogen functional groups attached to an aromatic ring is 2. The first-order valence-electron chi connectivity index (χ1n) is 13.6. The van der Waals surface area contributed by atoms with E-state index in [0.717, 1.165) is 17.2 Å². The largest absolute Gasteiger partial charge is 0.507 e. The fourth-order valence-electron chi connectivity index (χ4n) is 4.98. The number of phenolic OH excluding ortho intramolecular Hbond substituents is 1. The van der Waals surface area contributed by atoms with E-state index >= 15 is 0 Å². The van der Waals surface area contributed by atoms with Crippen molar-refractivity contribution < 1.29 is 31.0 Å². The van der Waals surface area contributed by atoms with E-state index < -0.39 is 30.9 Å². The van der Waals surface area contributed by atoms with Crippen LogP contribution in [0.3, 0.4) is 0 Å². The van der Waals surface area contributed by atoms with Gasteiger partial charge in [-0.25, -0.2) is 0 Å². The zero-order valence-electron chi connectivity index (χ0n) is 26.0. The standard InChI is InChI=1S/C32H24N6O7S2.2Na/c33-26-14-9-20-15-23(46(40,41)42)16-28(39)30(20)32(26)38-36-22-12-7-19(8-13-22)18-5-10-21(11-6-18)35-37-27-17-29(47(43,44)45)24-3-1-2-4-25(24)31(27)34;;/h1-17,39H,33-34H2,(H,40,41,42)(H,43,44,45);;. The van der Waals surface area contributed by atoms with Gasteiger partial charge in [-0.15, -0.1) is 10.2 Å². The number of rotatable bonds is 7. The first-order valence-corrected chi connectivity index (χ1v) is 16.5. The van der Waals surface area contributed by atoms with Crippen molar-refractivity contribution >= 4 is 135 Å². The first-order chi connectivity index (χ1) is 22.3. The van der Waals surface area contributed by atoms with E-state index in [1.165, 1.54) is 24.3 Å². The monoisotopic (exact) mass is 714 g/mol. The van der Waals surface area contributed by atoms with Crippen LogP contribution in [0.2, 0.25) is 0 Å². The van der Waals surface area contributed by atoms with Crippen molar-refractivity contribution in [2.75, 3.05) is 11.5 Å². The summed E-state index contributed by atoms with van der Waals surface area (Å²) in [5.41, 5.74) is 15.6. The summed E-state index contributed by atoms with van der Waals surface area (Å²) in [6, 6.07) is 26.9. The van der Waals surface area contributed by atoms with Crippen LogP contribution >= 0.6 is 0 Å². The second kappa shape index (κ2) is 15.0. The van der Waals surface area contributed by atoms with E-state index in [2.05, 4.69) is 20.5 Å². The molecule has 6 rings (SSSR count). The van der Waals surface area contributed by atoms with Crippen LogP contribution in [-0.4, -0.2) is 90.2 Å². The predicted molar refractivity (Wildman–Crippen MR) is 190 cm³/mol. The Morgan fingerprint density at radius 3 is 1.69 bits per heavy atom. The predicted octanol–water partition coefficient (Wildman–Crippen LogP) is 7.09. The van der Waals surface area contributed by atoms with Crippen molar-refractivity contribution in [3.63, 3.8) is 0 Å². The zero-order chi connectivity index (χ0) is 33.5. The molecule has 0 aliphatic heterocycles. The maximum absolute atomic E-state index is 12.0. The Morgan fingerprint density at radius 2 is 1.14 bits per heavy atom. The minimum Gasteiger partial charge on any atom is -0.507 e. The summed E-state index contributed by atoms with van der Waals surface area (Å²) in [5.74, 6) is -0.432. The van der Waals surface area contributed by atoms with Crippen molar-refractivity contribution in [2.24, 2.45) is 20.5 Å². The molecular weight excluding hydrogens is 691 g/mol. The van der Waals surface area contributed by atoms with Gasteiger partial charge in [-0.1, -0.05) is 54.6 Å². The molecule has 0 aliphatic rings. The molecule has 0 spiro atoms. The summed E-state index contributed by atoms with van der Waals surface area (Å²) in [6.45, 7) is 0. The smallest absolute Gasteiger partial charge is 0.295 e. The van der Waals surface area contributed by atoms with E-state index in [1.54, 1.807) is 48.5 Å². The SMILES string of the molecule is Nc1ccc2cc(S(=O)(=O)O)cc(O)c2c1N=Nc1ccc(-c2ccc(N=Nc3cc(S(=O)(=O)O)c4ccccc4c3N)cc2)cc1.[Na].[Na]. The molecule has 49 heavy (non-hydrogen) atoms. The van der Waals surface area contributed by atoms with Gasteiger partial charge >= 0.3 is 0 Å². The van der Waals surface area contributed by atoms with E-state index in [0.29, 0.717) is 22.1 Å². The van der Waals surface area contributed by atoms with Crippen molar-refractivity contribution in [3.05, 3.63) is 103 Å². The normalized spacial score (nSPS) is 12.0. The van der Waals surface area contributed by atoms with Crippen LogP contribution in [-0.2, 0) is 20.2 Å². The van der Waals surface area contributed by atoms with Gasteiger partial charge in [0.1, 0.15) is 22.0 Å². The van der Waals surface area contributed by atoms with Crippen LogP contribution in [0, 0.1) is 0 Å². The molecule has 6 aromatic carbocycles. The van der Waals surface area contributed by atoms with Crippen LogP contribution in [0.1, 0.15) is 0 Å². The Kier molecular flexibility index (Phi) is 11.7. The Balaban J connectivity index is 0.00000270. The molecule has 0 aromatic heterocycles. The summed E-state index contributed by atoms with van der Waals surface area (Å²) in [5, 5.41) is 28.4. The average molecular weight is 715 g/mol. The molecule has 13 nitrogen and oxygen atoms in total. The van der Waals surface area contributed by atoms with Gasteiger partial charge in [-0.3, -0.25) is 9.11 Å². The molecule has 0 saturated carbocycles. The molecule has 17 heteroatoms. The van der Waals surface area contributed by atoms with Crippen molar-refractivity contribution in [1.29, 1.82) is 0 Å². The first kappa shape index (κ1) is 38.1. The molecule has 0 atom stereocenters. The van der Waals surface area contributed by atoms with Crippen LogP contribution in [0.4, 0.5) is 34.1 Å². The third-order valence-corrected chi connectivity index (χ3v) is 9.01. The van der Waals surface area contributed by atoms with E-state index in [1.807, 2.05) is 24.3 Å². The number of nitrogens with zero attached hydrogens (tertiary/aromatic N) is 4. The van der Waals surface area contributed by atoms with Gasteiger partial charge in [0.25, 0.3) is 20.2 Å². The van der Waals surface area contributed by atoms with Gasteiger partial charge < -0.3 is 16.6 Å². The van der Waals surface area contributed by atoms with Crippen LogP contribution in [0.15, 0.2) is 133 Å². The van der Waals surface area contributed by atoms with Gasteiger partial charge in [0.05, 0.1) is 33.0 Å². The average Bonchev–Trinajstić information content (AvgIpc) is 3.03. The number of azo groups is 2. The molecule has 0 fully saturated rings. The minimum atomic E-state index is -4.54. The number of phenols is 1. The van der Waals surface area contributed by atoms with E-state index in [9.17, 15) is 31.0 Å². The third-order valence-electron chi connectivity index (χ3n) is 7.28. The number of nitrogens with two attached hydrogens (primary N) is 2. The summed E-state index contributed by atoms with van der Waals surface area (Å²) < 4.78 is 66.1. The van der Waals surface area contributed by atoms with Crippen LogP contribution in [0.25, 0.3) is 32.7 Å². The van der Waals surface area contributed by atoms with Crippen molar-refractivity contribution in [1.82, 2.24) is 0 Å². The number of benzene rings is 6. The fraction of sp³-hybridized carbons (Fsp3) is 0. The second-order valence-electron chi connectivity index (χ2n) is 10.3. The van der Waals surface area contributed by atoms with Gasteiger partial charge in [0, 0.05) is 76.0 Å². The molecule has 0 aliphatic carbocycles. The molecule has 0 heterocycles. The minimum absolute atomic E-state index is 0. The third kappa shape index (κ3) is 8.19. The quantitative estimate of drug-likeness (QED) is 0.0491. The molecule has 0 saturated heterocycles. The molecule has 0 unspecified atom stereocenters. The number of hydrogen-bond donors (Lipinski definition) is 5. The van der Waals surface area contributed by atoms with Crippen LogP contribution < -0.4 is 11.5 Å². The Labute approximate surface area is 324 Å². The molecule has 6 aromatic rings.